The number of nitrogens with zero attached hydrogens (tertiary/aromatic N) is 4. The molecule has 152 valence electrons. The molecule has 0 aliphatic carbocycles. The van der Waals surface area contributed by atoms with E-state index in [1.807, 2.05) is 0 Å². The minimum Gasteiger partial charge on any atom is -0.420 e. The monoisotopic (exact) mass is 470 g/mol. The molecule has 7 nitrogen and oxygen atoms in total. The van der Waals surface area contributed by atoms with Crippen molar-refractivity contribution in [2.24, 2.45) is 0 Å². The smallest absolute Gasteiger partial charge is 0.249 e. The van der Waals surface area contributed by atoms with Crippen molar-refractivity contribution in [3.63, 3.8) is 0 Å². The minimum atomic E-state index is -3.46. The van der Waals surface area contributed by atoms with Gasteiger partial charge in [0.05, 0.1) is 21.4 Å². The standard InChI is InChI=1S/C18H16Cl2N4O3S2/c19-12-3-5-14(15(20)9-12)18-23-22-16(27-18)11-28-17-6-4-13(10-21-17)29(25,26)24-7-1-2-8-24/h3-6,9-10H,1-2,7-8,11H2. The van der Waals surface area contributed by atoms with Gasteiger partial charge in [-0.25, -0.2) is 13.4 Å². The third-order valence-electron chi connectivity index (χ3n) is 4.38. The van der Waals surface area contributed by atoms with Gasteiger partial charge in [0.25, 0.3) is 0 Å². The highest BCUT2D eigenvalue weighted by Crippen LogP contribution is 2.30. The Morgan fingerprint density at radius 3 is 2.59 bits per heavy atom. The summed E-state index contributed by atoms with van der Waals surface area (Å²) in [5.74, 6) is 1.11. The third-order valence-corrected chi connectivity index (χ3v) is 7.74. The topological polar surface area (TPSA) is 89.2 Å². The molecule has 1 aromatic carbocycles. The summed E-state index contributed by atoms with van der Waals surface area (Å²) in [7, 11) is -3.46. The molecular weight excluding hydrogens is 455 g/mol. The fourth-order valence-electron chi connectivity index (χ4n) is 2.90. The average molecular weight is 471 g/mol. The van der Waals surface area contributed by atoms with Gasteiger partial charge in [0.2, 0.25) is 21.8 Å². The second-order valence-electron chi connectivity index (χ2n) is 6.36. The van der Waals surface area contributed by atoms with Crippen molar-refractivity contribution < 1.29 is 12.8 Å². The largest absolute Gasteiger partial charge is 0.420 e. The number of hydrogen-bond donors (Lipinski definition) is 0. The second-order valence-corrected chi connectivity index (χ2v) is 10.1. The van der Waals surface area contributed by atoms with Crippen LogP contribution in [0.1, 0.15) is 18.7 Å². The second kappa shape index (κ2) is 8.61. The van der Waals surface area contributed by atoms with Crippen LogP contribution in [0.25, 0.3) is 11.5 Å². The molecule has 0 spiro atoms. The Morgan fingerprint density at radius 1 is 1.10 bits per heavy atom. The summed E-state index contributed by atoms with van der Waals surface area (Å²) in [6.45, 7) is 1.13. The first-order valence-electron chi connectivity index (χ1n) is 8.80. The van der Waals surface area contributed by atoms with E-state index in [0.29, 0.717) is 51.3 Å². The predicted molar refractivity (Wildman–Crippen MR) is 112 cm³/mol. The molecule has 0 N–H and O–H groups in total. The molecule has 2 aromatic heterocycles. The zero-order valence-electron chi connectivity index (χ0n) is 15.1. The number of pyridine rings is 1. The van der Waals surface area contributed by atoms with Crippen molar-refractivity contribution in [3.8, 4) is 11.5 Å². The number of hydrogen-bond acceptors (Lipinski definition) is 7. The van der Waals surface area contributed by atoms with E-state index in [0.717, 1.165) is 12.8 Å². The van der Waals surface area contributed by atoms with Gasteiger partial charge in [-0.2, -0.15) is 4.31 Å². The number of thioether (sulfide) groups is 1. The molecule has 1 aliphatic rings. The number of aromatic nitrogens is 3. The van der Waals surface area contributed by atoms with Gasteiger partial charge in [-0.15, -0.1) is 10.2 Å². The maximum atomic E-state index is 12.5. The summed E-state index contributed by atoms with van der Waals surface area (Å²) in [5, 5.41) is 9.65. The van der Waals surface area contributed by atoms with Crippen LogP contribution in [0, 0.1) is 0 Å². The molecule has 0 unspecified atom stereocenters. The maximum absolute atomic E-state index is 12.5. The molecule has 0 bridgehead atoms. The lowest BCUT2D eigenvalue weighted by molar-refractivity contribution is 0.477. The third kappa shape index (κ3) is 4.59. The molecule has 0 radical (unpaired) electrons. The van der Waals surface area contributed by atoms with Crippen molar-refractivity contribution >= 4 is 45.0 Å². The van der Waals surface area contributed by atoms with Crippen LogP contribution < -0.4 is 0 Å². The quantitative estimate of drug-likeness (QED) is 0.489. The van der Waals surface area contributed by atoms with Gasteiger partial charge in [-0.3, -0.25) is 0 Å². The van der Waals surface area contributed by atoms with Crippen molar-refractivity contribution in [2.75, 3.05) is 13.1 Å². The van der Waals surface area contributed by atoms with Gasteiger partial charge >= 0.3 is 0 Å². The molecule has 3 aromatic rings. The van der Waals surface area contributed by atoms with Crippen molar-refractivity contribution in [3.05, 3.63) is 52.5 Å². The first-order chi connectivity index (χ1) is 13.9. The molecule has 0 saturated carbocycles. The fourth-order valence-corrected chi connectivity index (χ4v) is 5.53. The highest BCUT2D eigenvalue weighted by molar-refractivity contribution is 7.98. The van der Waals surface area contributed by atoms with Crippen LogP contribution >= 0.6 is 35.0 Å². The lowest BCUT2D eigenvalue weighted by Gasteiger charge is -2.15. The Balaban J connectivity index is 1.41. The highest BCUT2D eigenvalue weighted by atomic mass is 35.5. The number of rotatable bonds is 6. The van der Waals surface area contributed by atoms with Crippen molar-refractivity contribution in [1.29, 1.82) is 0 Å². The first kappa shape index (κ1) is 20.6. The van der Waals surface area contributed by atoms with E-state index in [-0.39, 0.29) is 4.90 Å². The SMILES string of the molecule is O=S(=O)(c1ccc(SCc2nnc(-c3ccc(Cl)cc3Cl)o2)nc1)N1CCCC1. The first-order valence-corrected chi connectivity index (χ1v) is 12.0. The van der Waals surface area contributed by atoms with Crippen molar-refractivity contribution in [1.82, 2.24) is 19.5 Å². The molecule has 0 atom stereocenters. The normalized spacial score (nSPS) is 15.1. The average Bonchev–Trinajstić information content (AvgIpc) is 3.39. The molecule has 0 amide bonds. The van der Waals surface area contributed by atoms with Crippen LogP contribution in [-0.2, 0) is 15.8 Å². The Morgan fingerprint density at radius 2 is 1.90 bits per heavy atom. The van der Waals surface area contributed by atoms with Gasteiger partial charge < -0.3 is 4.42 Å². The number of sulfonamides is 1. The molecule has 1 aliphatic heterocycles. The summed E-state index contributed by atoms with van der Waals surface area (Å²) in [6, 6.07) is 8.29. The summed E-state index contributed by atoms with van der Waals surface area (Å²) in [5.41, 5.74) is 0.606. The molecule has 29 heavy (non-hydrogen) atoms. The maximum Gasteiger partial charge on any atom is 0.249 e. The van der Waals surface area contributed by atoms with Gasteiger partial charge in [0, 0.05) is 24.3 Å². The summed E-state index contributed by atoms with van der Waals surface area (Å²) in [4.78, 5) is 4.46. The van der Waals surface area contributed by atoms with Gasteiger partial charge in [-0.05, 0) is 43.2 Å². The Bertz CT molecular complexity index is 1110. The molecule has 1 saturated heterocycles. The lowest BCUT2D eigenvalue weighted by Crippen LogP contribution is -2.27. The zero-order valence-corrected chi connectivity index (χ0v) is 18.2. The van der Waals surface area contributed by atoms with E-state index in [9.17, 15) is 8.42 Å². The van der Waals surface area contributed by atoms with Crippen LogP contribution in [0.4, 0.5) is 0 Å². The van der Waals surface area contributed by atoms with Gasteiger partial charge in [0.1, 0.15) is 4.90 Å². The van der Waals surface area contributed by atoms with Gasteiger partial charge in [-0.1, -0.05) is 35.0 Å². The summed E-state index contributed by atoms with van der Waals surface area (Å²) < 4.78 is 32.2. The molecule has 4 rings (SSSR count). The predicted octanol–water partition coefficient (Wildman–Crippen LogP) is 4.52. The van der Waals surface area contributed by atoms with E-state index >= 15 is 0 Å². The molecule has 3 heterocycles. The van der Waals surface area contributed by atoms with E-state index < -0.39 is 10.0 Å². The molecule has 11 heteroatoms. The Labute approximate surface area is 182 Å². The zero-order chi connectivity index (χ0) is 20.4. The Kier molecular flexibility index (Phi) is 6.12. The number of benzene rings is 1. The van der Waals surface area contributed by atoms with Crippen LogP contribution in [0.15, 0.2) is 50.9 Å². The molecule has 1 fully saturated rings. The van der Waals surface area contributed by atoms with E-state index in [4.69, 9.17) is 27.6 Å². The van der Waals surface area contributed by atoms with Crippen LogP contribution in [0.2, 0.25) is 10.0 Å². The van der Waals surface area contributed by atoms with Crippen molar-refractivity contribution in [2.45, 2.75) is 28.5 Å². The summed E-state index contributed by atoms with van der Waals surface area (Å²) >= 11 is 13.4. The number of halogens is 2. The molecular formula is C18H16Cl2N4O3S2. The summed E-state index contributed by atoms with van der Waals surface area (Å²) in [6.07, 6.45) is 3.19. The van der Waals surface area contributed by atoms with Crippen LogP contribution in [0.3, 0.4) is 0 Å². The van der Waals surface area contributed by atoms with E-state index in [1.54, 1.807) is 30.3 Å². The van der Waals surface area contributed by atoms with E-state index in [1.165, 1.54) is 22.3 Å². The highest BCUT2D eigenvalue weighted by Gasteiger charge is 2.27. The Hall–Kier alpha value is -1.65. The van der Waals surface area contributed by atoms with Crippen LogP contribution in [-0.4, -0.2) is 41.0 Å². The van der Waals surface area contributed by atoms with E-state index in [2.05, 4.69) is 15.2 Å². The van der Waals surface area contributed by atoms with Gasteiger partial charge in [0.15, 0.2) is 0 Å². The lowest BCUT2D eigenvalue weighted by atomic mass is 10.2. The fraction of sp³-hybridized carbons (Fsp3) is 0.278. The minimum absolute atomic E-state index is 0.209. The van der Waals surface area contributed by atoms with Crippen LogP contribution in [0.5, 0.6) is 0 Å².